The number of anilines is 1. The van der Waals surface area contributed by atoms with Crippen molar-refractivity contribution in [1.82, 2.24) is 9.97 Å². The van der Waals surface area contributed by atoms with E-state index < -0.39 is 0 Å². The molecular formula is C25H16BrN3O2. The van der Waals surface area contributed by atoms with Crippen LogP contribution in [0.2, 0.25) is 0 Å². The highest BCUT2D eigenvalue weighted by Gasteiger charge is 2.13. The summed E-state index contributed by atoms with van der Waals surface area (Å²) < 4.78 is 6.56. The summed E-state index contributed by atoms with van der Waals surface area (Å²) >= 11 is 3.50. The third kappa shape index (κ3) is 3.98. The van der Waals surface area contributed by atoms with E-state index in [1.807, 2.05) is 78.9 Å². The number of aromatic nitrogens is 2. The zero-order valence-electron chi connectivity index (χ0n) is 16.2. The Morgan fingerprint density at radius 2 is 1.58 bits per heavy atom. The van der Waals surface area contributed by atoms with Crippen LogP contribution >= 0.6 is 15.9 Å². The maximum absolute atomic E-state index is 12.8. The molecular weight excluding hydrogens is 454 g/mol. The maximum atomic E-state index is 12.8. The van der Waals surface area contributed by atoms with E-state index >= 15 is 0 Å². The van der Waals surface area contributed by atoms with Gasteiger partial charge in [0.05, 0.1) is 5.69 Å². The third-order valence-electron chi connectivity index (χ3n) is 4.88. The Bertz CT molecular complexity index is 1350. The van der Waals surface area contributed by atoms with Gasteiger partial charge in [0.1, 0.15) is 0 Å². The van der Waals surface area contributed by atoms with Gasteiger partial charge >= 0.3 is 0 Å². The fourth-order valence-electron chi connectivity index (χ4n) is 3.29. The molecule has 6 heteroatoms. The van der Waals surface area contributed by atoms with Crippen LogP contribution in [0.4, 0.5) is 5.69 Å². The molecule has 0 aliphatic heterocycles. The smallest absolute Gasteiger partial charge is 0.255 e. The van der Waals surface area contributed by atoms with Crippen LogP contribution in [0, 0.1) is 0 Å². The van der Waals surface area contributed by atoms with Crippen molar-refractivity contribution in [3.05, 3.63) is 101 Å². The van der Waals surface area contributed by atoms with E-state index in [1.54, 1.807) is 12.3 Å². The molecule has 5 aromatic rings. The molecule has 0 bridgehead atoms. The second kappa shape index (κ2) is 8.16. The molecule has 0 radical (unpaired) electrons. The van der Waals surface area contributed by atoms with Crippen molar-refractivity contribution in [2.75, 3.05) is 5.32 Å². The predicted molar refractivity (Wildman–Crippen MR) is 125 cm³/mol. The minimum absolute atomic E-state index is 0.198. The van der Waals surface area contributed by atoms with Gasteiger partial charge in [0.25, 0.3) is 5.91 Å². The molecule has 0 fully saturated rings. The van der Waals surface area contributed by atoms with Gasteiger partial charge in [0, 0.05) is 21.8 Å². The number of nitrogens with zero attached hydrogens (tertiary/aromatic N) is 2. The average molecular weight is 470 g/mol. The van der Waals surface area contributed by atoms with E-state index in [0.29, 0.717) is 28.4 Å². The van der Waals surface area contributed by atoms with Gasteiger partial charge in [-0.2, -0.15) is 4.98 Å². The Hall–Kier alpha value is -3.77. The SMILES string of the molecule is O=C(Nc1cc(-c2nc3ncccc3o2)ccc1Br)c1ccc(-c2ccccc2)cc1. The summed E-state index contributed by atoms with van der Waals surface area (Å²) in [7, 11) is 0. The van der Waals surface area contributed by atoms with Crippen molar-refractivity contribution in [1.29, 1.82) is 0 Å². The lowest BCUT2D eigenvalue weighted by atomic mass is 10.0. The lowest BCUT2D eigenvalue weighted by molar-refractivity contribution is 0.102. The molecule has 3 aromatic carbocycles. The molecule has 2 heterocycles. The van der Waals surface area contributed by atoms with Gasteiger partial charge in [-0.1, -0.05) is 42.5 Å². The summed E-state index contributed by atoms with van der Waals surface area (Å²) in [6.45, 7) is 0. The Kier molecular flexibility index (Phi) is 5.06. The minimum Gasteiger partial charge on any atom is -0.434 e. The highest BCUT2D eigenvalue weighted by atomic mass is 79.9. The molecule has 0 saturated carbocycles. The molecule has 150 valence electrons. The van der Waals surface area contributed by atoms with Crippen molar-refractivity contribution >= 4 is 38.8 Å². The van der Waals surface area contributed by atoms with E-state index in [4.69, 9.17) is 4.42 Å². The highest BCUT2D eigenvalue weighted by Crippen LogP contribution is 2.30. The summed E-state index contributed by atoms with van der Waals surface area (Å²) in [6.07, 6.45) is 1.67. The molecule has 5 rings (SSSR count). The number of oxazole rings is 1. The molecule has 1 N–H and O–H groups in total. The van der Waals surface area contributed by atoms with Gasteiger partial charge in [-0.15, -0.1) is 0 Å². The molecule has 0 aliphatic rings. The first-order chi connectivity index (χ1) is 15.2. The zero-order chi connectivity index (χ0) is 21.2. The Morgan fingerprint density at radius 3 is 2.35 bits per heavy atom. The van der Waals surface area contributed by atoms with Crippen molar-refractivity contribution in [2.24, 2.45) is 0 Å². The topological polar surface area (TPSA) is 68.0 Å². The number of halogens is 1. The van der Waals surface area contributed by atoms with Crippen LogP contribution in [-0.4, -0.2) is 15.9 Å². The molecule has 0 atom stereocenters. The van der Waals surface area contributed by atoms with Gasteiger partial charge in [-0.25, -0.2) is 4.98 Å². The number of rotatable bonds is 4. The third-order valence-corrected chi connectivity index (χ3v) is 5.57. The van der Waals surface area contributed by atoms with Crippen LogP contribution in [0.15, 0.2) is 100 Å². The summed E-state index contributed by atoms with van der Waals surface area (Å²) in [6, 6.07) is 26.8. The molecule has 1 amide bonds. The van der Waals surface area contributed by atoms with Crippen molar-refractivity contribution in [3.8, 4) is 22.6 Å². The first-order valence-electron chi connectivity index (χ1n) is 9.66. The molecule has 5 nitrogen and oxygen atoms in total. The Morgan fingerprint density at radius 1 is 0.839 bits per heavy atom. The van der Waals surface area contributed by atoms with Crippen molar-refractivity contribution < 1.29 is 9.21 Å². The van der Waals surface area contributed by atoms with Crippen LogP contribution in [0.25, 0.3) is 33.8 Å². The summed E-state index contributed by atoms with van der Waals surface area (Å²) in [5, 5.41) is 2.96. The average Bonchev–Trinajstić information content (AvgIpc) is 3.25. The molecule has 2 aromatic heterocycles. The van der Waals surface area contributed by atoms with Crippen molar-refractivity contribution in [3.63, 3.8) is 0 Å². The second-order valence-corrected chi connectivity index (χ2v) is 7.79. The number of hydrogen-bond acceptors (Lipinski definition) is 4. The number of carbonyl (C=O) groups is 1. The number of nitrogens with one attached hydrogen (secondary N) is 1. The van der Waals surface area contributed by atoms with Gasteiger partial charge in [-0.3, -0.25) is 4.79 Å². The van der Waals surface area contributed by atoms with E-state index in [-0.39, 0.29) is 5.91 Å². The number of fused-ring (bicyclic) bond motifs is 1. The van der Waals surface area contributed by atoms with Gasteiger partial charge in [0.15, 0.2) is 11.2 Å². The summed E-state index contributed by atoms with van der Waals surface area (Å²) in [5.74, 6) is 0.251. The molecule has 0 saturated heterocycles. The quantitative estimate of drug-likeness (QED) is 0.323. The Balaban J connectivity index is 1.39. The molecule has 0 unspecified atom stereocenters. The van der Waals surface area contributed by atoms with Gasteiger partial charge in [0.2, 0.25) is 5.89 Å². The van der Waals surface area contributed by atoms with Crippen LogP contribution in [0.1, 0.15) is 10.4 Å². The predicted octanol–water partition coefficient (Wildman–Crippen LogP) is 6.57. The fraction of sp³-hybridized carbons (Fsp3) is 0. The zero-order valence-corrected chi connectivity index (χ0v) is 17.8. The van der Waals surface area contributed by atoms with E-state index in [9.17, 15) is 4.79 Å². The molecule has 0 aliphatic carbocycles. The van der Waals surface area contributed by atoms with E-state index in [2.05, 4.69) is 31.2 Å². The Labute approximate surface area is 186 Å². The number of benzene rings is 3. The normalized spacial score (nSPS) is 10.9. The number of pyridine rings is 1. The van der Waals surface area contributed by atoms with Crippen LogP contribution in [-0.2, 0) is 0 Å². The molecule has 31 heavy (non-hydrogen) atoms. The standard InChI is InChI=1S/C25H16BrN3O2/c26-20-13-12-19(25-29-23-22(31-25)7-4-14-27-23)15-21(20)28-24(30)18-10-8-17(9-11-18)16-5-2-1-3-6-16/h1-15H,(H,28,30). The first kappa shape index (κ1) is 19.2. The lowest BCUT2D eigenvalue weighted by Gasteiger charge is -2.09. The van der Waals surface area contributed by atoms with Gasteiger partial charge < -0.3 is 9.73 Å². The van der Waals surface area contributed by atoms with Crippen molar-refractivity contribution in [2.45, 2.75) is 0 Å². The molecule has 0 spiro atoms. The highest BCUT2D eigenvalue weighted by molar-refractivity contribution is 9.10. The largest absolute Gasteiger partial charge is 0.434 e. The first-order valence-corrected chi connectivity index (χ1v) is 10.4. The van der Waals surface area contributed by atoms with Crippen LogP contribution < -0.4 is 5.32 Å². The van der Waals surface area contributed by atoms with E-state index in [0.717, 1.165) is 21.2 Å². The van der Waals surface area contributed by atoms with Gasteiger partial charge in [-0.05, 0) is 69.5 Å². The number of hydrogen-bond donors (Lipinski definition) is 1. The van der Waals surface area contributed by atoms with Crippen LogP contribution in [0.5, 0.6) is 0 Å². The van der Waals surface area contributed by atoms with E-state index in [1.165, 1.54) is 0 Å². The van der Waals surface area contributed by atoms with Crippen LogP contribution in [0.3, 0.4) is 0 Å². The maximum Gasteiger partial charge on any atom is 0.255 e. The summed E-state index contributed by atoms with van der Waals surface area (Å²) in [4.78, 5) is 21.4. The second-order valence-electron chi connectivity index (χ2n) is 6.94. The monoisotopic (exact) mass is 469 g/mol. The lowest BCUT2D eigenvalue weighted by Crippen LogP contribution is -2.12. The summed E-state index contributed by atoms with van der Waals surface area (Å²) in [5.41, 5.74) is 5.28. The number of amides is 1. The fourth-order valence-corrected chi connectivity index (χ4v) is 3.63. The number of carbonyl (C=O) groups excluding carboxylic acids is 1. The minimum atomic E-state index is -0.198.